The van der Waals surface area contributed by atoms with E-state index in [9.17, 15) is 25.5 Å². The molecule has 4 saturated carbocycles. The van der Waals surface area contributed by atoms with Crippen LogP contribution in [0, 0.1) is 44.8 Å². The highest BCUT2D eigenvalue weighted by Crippen LogP contribution is 2.88. The van der Waals surface area contributed by atoms with Gasteiger partial charge in [-0.2, -0.15) is 0 Å². The van der Waals surface area contributed by atoms with Crippen molar-refractivity contribution in [2.75, 3.05) is 6.61 Å². The van der Waals surface area contributed by atoms with Gasteiger partial charge in [0.05, 0.1) is 24.4 Å². The molecular weight excluding hydrogens is 576 g/mol. The summed E-state index contributed by atoms with van der Waals surface area (Å²) >= 11 is 0. The van der Waals surface area contributed by atoms with Gasteiger partial charge in [0.2, 0.25) is 0 Å². The monoisotopic (exact) mass is 634 g/mol. The van der Waals surface area contributed by atoms with Gasteiger partial charge in [0, 0.05) is 11.3 Å². The number of fused-ring (bicyclic) bond motifs is 2. The lowest BCUT2D eigenvalue weighted by Crippen LogP contribution is -2.58. The number of allylic oxidation sites excluding steroid dienone is 1. The molecule has 9 nitrogen and oxygen atoms in total. The molecule has 4 unspecified atom stereocenters. The Hall–Kier alpha value is -0.620. The molecule has 5 N–H and O–H groups in total. The maximum atomic E-state index is 12.7. The van der Waals surface area contributed by atoms with Crippen molar-refractivity contribution in [1.82, 2.24) is 0 Å². The summed E-state index contributed by atoms with van der Waals surface area (Å²) in [5.74, 6) is -0.705. The van der Waals surface area contributed by atoms with Crippen molar-refractivity contribution >= 4 is 0 Å². The van der Waals surface area contributed by atoms with Crippen LogP contribution in [-0.4, -0.2) is 92.5 Å². The largest absolute Gasteiger partial charge is 0.388 e. The van der Waals surface area contributed by atoms with Crippen molar-refractivity contribution in [2.24, 2.45) is 44.8 Å². The Kier molecular flexibility index (Phi) is 7.13. The van der Waals surface area contributed by atoms with E-state index in [0.29, 0.717) is 5.92 Å². The van der Waals surface area contributed by atoms with Gasteiger partial charge in [0.25, 0.3) is 0 Å². The van der Waals surface area contributed by atoms with E-state index in [1.807, 2.05) is 6.92 Å². The lowest BCUT2D eigenvalue weighted by atomic mass is 9.45. The molecule has 15 atom stereocenters. The first kappa shape index (κ1) is 32.9. The summed E-state index contributed by atoms with van der Waals surface area (Å²) in [4.78, 5) is 0. The number of ether oxygens (including phenoxy) is 4. The molecule has 6 fully saturated rings. The first-order valence-electron chi connectivity index (χ1n) is 17.5. The summed E-state index contributed by atoms with van der Waals surface area (Å²) in [6.45, 7) is 19.0. The molecule has 0 aromatic heterocycles. The first-order chi connectivity index (χ1) is 20.7. The summed E-state index contributed by atoms with van der Waals surface area (Å²) < 4.78 is 25.7. The lowest BCUT2D eigenvalue weighted by molar-refractivity contribution is -0.300. The third-order valence-corrected chi connectivity index (χ3v) is 14.9. The predicted octanol–water partition coefficient (Wildman–Crippen LogP) is 3.68. The van der Waals surface area contributed by atoms with Gasteiger partial charge in [-0.3, -0.25) is 0 Å². The van der Waals surface area contributed by atoms with Crippen molar-refractivity contribution in [3.05, 3.63) is 11.6 Å². The van der Waals surface area contributed by atoms with Crippen molar-refractivity contribution in [2.45, 2.75) is 161 Å². The lowest BCUT2D eigenvalue weighted by Gasteiger charge is -2.60. The highest BCUT2D eigenvalue weighted by Gasteiger charge is 2.85. The molecule has 0 amide bonds. The molecule has 2 aliphatic heterocycles. The Labute approximate surface area is 268 Å². The second-order valence-electron chi connectivity index (χ2n) is 18.0. The van der Waals surface area contributed by atoms with Crippen LogP contribution in [0.25, 0.3) is 0 Å². The highest BCUT2D eigenvalue weighted by atomic mass is 16.8. The van der Waals surface area contributed by atoms with Gasteiger partial charge in [0.1, 0.15) is 30.5 Å². The van der Waals surface area contributed by atoms with E-state index in [2.05, 4.69) is 47.6 Å². The number of hydrogen-bond donors (Lipinski definition) is 5. The van der Waals surface area contributed by atoms with Gasteiger partial charge in [-0.25, -0.2) is 0 Å². The van der Waals surface area contributed by atoms with Crippen LogP contribution in [0.3, 0.4) is 0 Å². The zero-order valence-corrected chi connectivity index (χ0v) is 28.7. The van der Waals surface area contributed by atoms with E-state index < -0.39 is 53.6 Å². The van der Waals surface area contributed by atoms with Gasteiger partial charge in [-0.05, 0) is 92.8 Å². The number of rotatable bonds is 4. The van der Waals surface area contributed by atoms with Gasteiger partial charge in [-0.15, -0.1) is 0 Å². The second kappa shape index (κ2) is 9.75. The average Bonchev–Trinajstić information content (AvgIpc) is 3.43. The molecule has 9 heteroatoms. The topological polar surface area (TPSA) is 138 Å². The van der Waals surface area contributed by atoms with Gasteiger partial charge in [-0.1, -0.05) is 53.2 Å². The fourth-order valence-corrected chi connectivity index (χ4v) is 12.8. The van der Waals surface area contributed by atoms with Crippen LogP contribution in [0.5, 0.6) is 0 Å². The van der Waals surface area contributed by atoms with Gasteiger partial charge in [0.15, 0.2) is 12.1 Å². The van der Waals surface area contributed by atoms with Gasteiger partial charge < -0.3 is 44.5 Å². The molecule has 2 heterocycles. The van der Waals surface area contributed by atoms with E-state index in [0.717, 1.165) is 38.5 Å². The molecule has 7 aliphatic rings. The van der Waals surface area contributed by atoms with E-state index in [1.165, 1.54) is 5.57 Å². The summed E-state index contributed by atoms with van der Waals surface area (Å²) in [6, 6.07) is 0. The Morgan fingerprint density at radius 3 is 2.29 bits per heavy atom. The van der Waals surface area contributed by atoms with Crippen LogP contribution < -0.4 is 0 Å². The Morgan fingerprint density at radius 1 is 0.978 bits per heavy atom. The number of hydrogen-bond acceptors (Lipinski definition) is 9. The zero-order chi connectivity index (χ0) is 32.9. The Balaban J connectivity index is 1.23. The number of aliphatic hydroxyl groups excluding tert-OH is 4. The number of aliphatic hydroxyl groups is 5. The van der Waals surface area contributed by atoms with Crippen LogP contribution in [0.4, 0.5) is 0 Å². The zero-order valence-electron chi connectivity index (χ0n) is 28.7. The predicted molar refractivity (Wildman–Crippen MR) is 166 cm³/mol. The standard InChI is InChI=1S/C36H58O9/c1-18(2)26-32(8)14-15-35-17-34(35)13-12-23(43-28-25(39)24(38)20(37)16-42-28)30(4,5)21(34)10-11-22(35)33(32,9)29(40)36(26)44-19(3)27(45-36)31(6,7)41/h11,18-21,23-29,37-41H,10,12-17H2,1-9H3/t19-,20-,21?,23-,24-,25-,26?,27-,28?,29+,32+,33+,34+,35?,36-/m0/s1. The molecule has 256 valence electrons. The fourth-order valence-electron chi connectivity index (χ4n) is 12.8. The maximum Gasteiger partial charge on any atom is 0.199 e. The Morgan fingerprint density at radius 2 is 1.67 bits per heavy atom. The van der Waals surface area contributed by atoms with Crippen molar-refractivity contribution in [3.8, 4) is 0 Å². The van der Waals surface area contributed by atoms with Gasteiger partial charge >= 0.3 is 0 Å². The van der Waals surface area contributed by atoms with Crippen molar-refractivity contribution < 1.29 is 44.5 Å². The quantitative estimate of drug-likeness (QED) is 0.293. The van der Waals surface area contributed by atoms with E-state index in [-0.39, 0.29) is 52.3 Å². The molecular formula is C36H58O9. The van der Waals surface area contributed by atoms with Crippen LogP contribution in [0.15, 0.2) is 11.6 Å². The maximum absolute atomic E-state index is 12.7. The smallest absolute Gasteiger partial charge is 0.199 e. The van der Waals surface area contributed by atoms with E-state index >= 15 is 0 Å². The molecule has 0 bridgehead atoms. The van der Waals surface area contributed by atoms with Crippen molar-refractivity contribution in [3.63, 3.8) is 0 Å². The fraction of sp³-hybridized carbons (Fsp3) is 0.944. The van der Waals surface area contributed by atoms with E-state index in [4.69, 9.17) is 18.9 Å². The summed E-state index contributed by atoms with van der Waals surface area (Å²) in [5, 5.41) is 54.6. The molecule has 0 aromatic rings. The summed E-state index contributed by atoms with van der Waals surface area (Å²) in [7, 11) is 0. The first-order valence-corrected chi connectivity index (χ1v) is 17.5. The minimum atomic E-state index is -1.30. The molecule has 3 spiro atoms. The minimum absolute atomic E-state index is 0.00147. The third kappa shape index (κ3) is 3.88. The normalized spacial score (nSPS) is 56.8. The van der Waals surface area contributed by atoms with E-state index in [1.54, 1.807) is 13.8 Å². The van der Waals surface area contributed by atoms with Crippen molar-refractivity contribution in [1.29, 1.82) is 0 Å². The van der Waals surface area contributed by atoms with Crippen LogP contribution in [0.1, 0.15) is 101 Å². The molecule has 0 radical (unpaired) electrons. The second-order valence-corrected chi connectivity index (χ2v) is 18.0. The van der Waals surface area contributed by atoms with Crippen LogP contribution in [-0.2, 0) is 18.9 Å². The van der Waals surface area contributed by atoms with Crippen LogP contribution >= 0.6 is 0 Å². The molecule has 45 heavy (non-hydrogen) atoms. The van der Waals surface area contributed by atoms with Crippen LogP contribution in [0.2, 0.25) is 0 Å². The minimum Gasteiger partial charge on any atom is -0.388 e. The highest BCUT2D eigenvalue weighted by molar-refractivity contribution is 5.48. The molecule has 2 saturated heterocycles. The Bertz CT molecular complexity index is 1240. The molecule has 5 aliphatic carbocycles. The third-order valence-electron chi connectivity index (χ3n) is 14.9. The molecule has 7 rings (SSSR count). The average molecular weight is 635 g/mol. The summed E-state index contributed by atoms with van der Waals surface area (Å²) in [6.07, 6.45) is 1.62. The summed E-state index contributed by atoms with van der Waals surface area (Å²) in [5.41, 5.74) is -0.660. The molecule has 0 aromatic carbocycles. The SMILES string of the molecule is CC(C)C1[C@@]2(O[C@@H](C)[C@@H](C(C)(C)O)O2)[C@H](O)[C@@]2(C)C3=CCC4C(C)(C)[C@@H](OC5OC[C@H](O)[C@H](O)[C@@H]5O)CC[C@@]45CC35CC[C@]12C.